The number of aliphatic hydroxyl groups is 5. The summed E-state index contributed by atoms with van der Waals surface area (Å²) in [6.07, 6.45) is -5.33. The third-order valence-corrected chi connectivity index (χ3v) is 13.6. The van der Waals surface area contributed by atoms with E-state index >= 15 is 0 Å². The molecule has 14 unspecified atom stereocenters. The Bertz CT molecular complexity index is 2180. The maximum Gasteiger partial charge on any atom is 0.342 e. The van der Waals surface area contributed by atoms with Gasteiger partial charge >= 0.3 is 17.9 Å². The van der Waals surface area contributed by atoms with Crippen LogP contribution in [0.2, 0.25) is 10.0 Å². The van der Waals surface area contributed by atoms with Gasteiger partial charge in [0, 0.05) is 25.9 Å². The first-order valence-corrected chi connectivity index (χ1v) is 24.5. The van der Waals surface area contributed by atoms with Crippen LogP contribution in [0.5, 0.6) is 11.5 Å². The number of phenolic OH excluding ortho intramolecular Hbond substituents is 2. The molecule has 18 nitrogen and oxygen atoms in total. The van der Waals surface area contributed by atoms with Crippen molar-refractivity contribution in [1.29, 1.82) is 0 Å². The number of phenols is 2. The highest BCUT2D eigenvalue weighted by molar-refractivity contribution is 6.39. The Morgan fingerprint density at radius 3 is 2.20 bits per heavy atom. The quantitative estimate of drug-likeness (QED) is 0.0680. The number of esters is 3. The first kappa shape index (κ1) is 59.7. The lowest BCUT2D eigenvalue weighted by Crippen LogP contribution is -2.64. The minimum Gasteiger partial charge on any atom is -0.505 e. The second-order valence-corrected chi connectivity index (χ2v) is 19.4. The number of aliphatic hydroxyl groups excluding tert-OH is 5. The first-order chi connectivity index (χ1) is 33.3. The molecule has 0 amide bonds. The third-order valence-electron chi connectivity index (χ3n) is 12.8. The maximum atomic E-state index is 13.9. The molecule has 3 aliphatic heterocycles. The first-order valence-electron chi connectivity index (χ1n) is 23.8. The van der Waals surface area contributed by atoms with Gasteiger partial charge in [-0.3, -0.25) is 4.79 Å². The molecule has 3 heterocycles. The summed E-state index contributed by atoms with van der Waals surface area (Å²) >= 11 is 12.3. The number of benzene rings is 1. The Kier molecular flexibility index (Phi) is 22.2. The van der Waals surface area contributed by atoms with Crippen molar-refractivity contribution in [1.82, 2.24) is 0 Å². The Labute approximate surface area is 425 Å². The topological polar surface area (TPSA) is 267 Å². The lowest BCUT2D eigenvalue weighted by Gasteiger charge is -2.47. The van der Waals surface area contributed by atoms with E-state index in [0.29, 0.717) is 23.1 Å². The van der Waals surface area contributed by atoms with Gasteiger partial charge in [-0.2, -0.15) is 0 Å². The van der Waals surface area contributed by atoms with Gasteiger partial charge < -0.3 is 73.6 Å². The van der Waals surface area contributed by atoms with Crippen molar-refractivity contribution in [2.24, 2.45) is 5.92 Å². The van der Waals surface area contributed by atoms with Gasteiger partial charge in [-0.1, -0.05) is 79.9 Å². The molecule has 0 aromatic heterocycles. The highest BCUT2D eigenvalue weighted by Gasteiger charge is 2.53. The Morgan fingerprint density at radius 1 is 0.915 bits per heavy atom. The number of aromatic hydroxyl groups is 2. The van der Waals surface area contributed by atoms with E-state index < -0.39 is 132 Å². The second-order valence-electron chi connectivity index (χ2n) is 18.6. The van der Waals surface area contributed by atoms with Crippen molar-refractivity contribution in [2.45, 2.75) is 187 Å². The minimum atomic E-state index is -1.60. The molecule has 14 atom stereocenters. The van der Waals surface area contributed by atoms with Crippen LogP contribution in [0, 0.1) is 5.92 Å². The van der Waals surface area contributed by atoms with Gasteiger partial charge in [0.05, 0.1) is 41.6 Å². The normalized spacial score (nSPS) is 35.1. The average Bonchev–Trinajstić information content (AvgIpc) is 3.32. The van der Waals surface area contributed by atoms with E-state index in [-0.39, 0.29) is 47.8 Å². The van der Waals surface area contributed by atoms with Crippen LogP contribution in [0.15, 0.2) is 58.7 Å². The summed E-state index contributed by atoms with van der Waals surface area (Å²) in [7, 11) is 1.26. The number of allylic oxidation sites excluding steroid dienone is 4. The van der Waals surface area contributed by atoms with E-state index in [4.69, 9.17) is 61.1 Å². The maximum absolute atomic E-state index is 13.9. The van der Waals surface area contributed by atoms with Crippen molar-refractivity contribution in [3.05, 3.63) is 79.9 Å². The number of methoxy groups -OCH3 is 1. The van der Waals surface area contributed by atoms with Crippen molar-refractivity contribution >= 4 is 41.1 Å². The van der Waals surface area contributed by atoms with Gasteiger partial charge in [0.1, 0.15) is 46.7 Å². The summed E-state index contributed by atoms with van der Waals surface area (Å²) in [5.74, 6) is -4.30. The van der Waals surface area contributed by atoms with Crippen LogP contribution in [0.1, 0.15) is 111 Å². The second kappa shape index (κ2) is 26.4. The van der Waals surface area contributed by atoms with Gasteiger partial charge in [-0.05, 0) is 90.5 Å². The van der Waals surface area contributed by atoms with Crippen molar-refractivity contribution in [3.63, 3.8) is 0 Å². The zero-order chi connectivity index (χ0) is 53.2. The van der Waals surface area contributed by atoms with Gasteiger partial charge in [0.2, 0.25) is 0 Å². The monoisotopic (exact) mass is 1040 g/mol. The average molecular weight is 1040 g/mol. The zero-order valence-corrected chi connectivity index (χ0v) is 43.7. The third kappa shape index (κ3) is 14.7. The van der Waals surface area contributed by atoms with Crippen LogP contribution in [0.4, 0.5) is 0 Å². The standard InChI is InChI=1S/C51H72Cl2O18/c1-12-29-22-25(5)32(55)18-16-15-17-30(23-65-50-45(64-11)42(61)44(28(8)66-50)69-48(63)35-31(13-2)36(52)39(58)37(53)38(35)57)47(62)67-33(27(7)54)20-19-24(4)21-26(6)43(29)70-49-41(60)40(59)46(51(9,10)71-49)68-34(56)14-3/h15-17,19,21-22,27-29,32-33,40-46,49-50,54-55,57-61H,12-14,18,20,23H2,1-11H3/b16-15+,24-19+,25-22+,26-21+,30-17+. The molecule has 1 aromatic rings. The van der Waals surface area contributed by atoms with Crippen LogP contribution >= 0.6 is 23.2 Å². The van der Waals surface area contributed by atoms with E-state index in [1.54, 1.807) is 46.8 Å². The highest BCUT2D eigenvalue weighted by Crippen LogP contribution is 2.45. The lowest BCUT2D eigenvalue weighted by atomic mass is 9.88. The molecule has 20 heteroatoms. The molecule has 7 N–H and O–H groups in total. The lowest BCUT2D eigenvalue weighted by molar-refractivity contribution is -0.333. The number of carbonyl (C=O) groups is 3. The summed E-state index contributed by atoms with van der Waals surface area (Å²) in [4.78, 5) is 39.6. The fourth-order valence-electron chi connectivity index (χ4n) is 8.56. The van der Waals surface area contributed by atoms with E-state index in [1.165, 1.54) is 33.1 Å². The molecule has 0 saturated carbocycles. The minimum absolute atomic E-state index is 0.0367. The fourth-order valence-corrected chi connectivity index (χ4v) is 9.12. The Hall–Kier alpha value is -3.89. The fraction of sp³-hybridized carbons (Fsp3) is 0.627. The van der Waals surface area contributed by atoms with Crippen molar-refractivity contribution < 1.29 is 88.0 Å². The number of halogens is 2. The molecule has 4 rings (SSSR count). The molecule has 0 bridgehead atoms. The molecular formula is C51H72Cl2O18. The molecule has 1 aromatic carbocycles. The van der Waals surface area contributed by atoms with Crippen molar-refractivity contribution in [3.8, 4) is 11.5 Å². The smallest absolute Gasteiger partial charge is 0.342 e. The molecule has 3 aliphatic rings. The highest BCUT2D eigenvalue weighted by atomic mass is 35.5. The van der Waals surface area contributed by atoms with E-state index in [0.717, 1.165) is 0 Å². The molecule has 0 spiro atoms. The zero-order valence-electron chi connectivity index (χ0n) is 42.2. The van der Waals surface area contributed by atoms with Crippen LogP contribution < -0.4 is 0 Å². The summed E-state index contributed by atoms with van der Waals surface area (Å²) in [6.45, 7) is 16.3. The van der Waals surface area contributed by atoms with E-state index in [2.05, 4.69) is 0 Å². The van der Waals surface area contributed by atoms with Crippen LogP contribution in [-0.2, 0) is 53.9 Å². The molecule has 398 valence electrons. The van der Waals surface area contributed by atoms with Crippen molar-refractivity contribution in [2.75, 3.05) is 13.7 Å². The summed E-state index contributed by atoms with van der Waals surface area (Å²) < 4.78 is 47.3. The van der Waals surface area contributed by atoms with Crippen LogP contribution in [0.3, 0.4) is 0 Å². The van der Waals surface area contributed by atoms with Gasteiger partial charge in [0.25, 0.3) is 0 Å². The molecule has 71 heavy (non-hydrogen) atoms. The molecule has 2 saturated heterocycles. The summed E-state index contributed by atoms with van der Waals surface area (Å²) in [5.41, 5.74) is 0.336. The van der Waals surface area contributed by atoms with Gasteiger partial charge in [-0.15, -0.1) is 0 Å². The van der Waals surface area contributed by atoms with E-state index in [9.17, 15) is 50.1 Å². The van der Waals surface area contributed by atoms with Crippen LogP contribution in [-0.4, -0.2) is 153 Å². The number of cyclic esters (lactones) is 1. The van der Waals surface area contributed by atoms with Crippen LogP contribution in [0.25, 0.3) is 0 Å². The molecule has 0 aliphatic carbocycles. The van der Waals surface area contributed by atoms with Gasteiger partial charge in [0.15, 0.2) is 36.3 Å². The summed E-state index contributed by atoms with van der Waals surface area (Å²) in [6, 6.07) is 0. The number of rotatable bonds is 13. The number of hydrogen-bond donors (Lipinski definition) is 7. The predicted molar refractivity (Wildman–Crippen MR) is 261 cm³/mol. The molecular weight excluding hydrogens is 971 g/mol. The number of ether oxygens (including phenoxy) is 8. The largest absolute Gasteiger partial charge is 0.505 e. The Morgan fingerprint density at radius 2 is 1.59 bits per heavy atom. The number of hydrogen-bond acceptors (Lipinski definition) is 18. The van der Waals surface area contributed by atoms with Gasteiger partial charge in [-0.25, -0.2) is 9.59 Å². The SMILES string of the molecule is CCC(=O)OC1C(O)C(O)C(OC2/C(C)=C/C(C)=C/CC(C(C)O)OC(=O)/C(COC3OC(C)C(OC(=O)c4c(O)c(Cl)c(O)c(Cl)c4CC)C(O)C3OC)=C/C=C/CC(O)/C(C)=C/C2CC)OC1(C)C. The predicted octanol–water partition coefficient (Wildman–Crippen LogP) is 5.99. The molecule has 2 fully saturated rings. The van der Waals surface area contributed by atoms with E-state index in [1.807, 2.05) is 32.9 Å². The Balaban J connectivity index is 1.61. The summed E-state index contributed by atoms with van der Waals surface area (Å²) in [5, 5.41) is 76.3. The number of carbonyl (C=O) groups excluding carboxylic acids is 3. The molecule has 0 radical (unpaired) electrons.